The molecule has 1 aliphatic rings. The van der Waals surface area contributed by atoms with Crippen LogP contribution in [0.4, 0.5) is 5.69 Å². The van der Waals surface area contributed by atoms with Crippen LogP contribution in [0.3, 0.4) is 0 Å². The molecule has 0 aliphatic carbocycles. The van der Waals surface area contributed by atoms with Crippen molar-refractivity contribution < 1.29 is 19.1 Å². The number of nitriles is 1. The van der Waals surface area contributed by atoms with Gasteiger partial charge in [0.15, 0.2) is 0 Å². The molecule has 0 radical (unpaired) electrons. The van der Waals surface area contributed by atoms with Gasteiger partial charge in [0.05, 0.1) is 30.9 Å². The first-order chi connectivity index (χ1) is 14.7. The fraction of sp³-hybridized carbons (Fsp3) is 0.333. The van der Waals surface area contributed by atoms with Crippen LogP contribution in [0.25, 0.3) is 0 Å². The number of carbonyl (C=O) groups is 3. The molecule has 1 unspecified atom stereocenters. The molecule has 1 fully saturated rings. The maximum atomic E-state index is 13.5. The molecule has 1 atom stereocenters. The first-order valence-corrected chi connectivity index (χ1v) is 10.1. The van der Waals surface area contributed by atoms with Gasteiger partial charge >= 0.3 is 0 Å². The van der Waals surface area contributed by atoms with Crippen LogP contribution in [-0.4, -0.2) is 41.3 Å². The van der Waals surface area contributed by atoms with Gasteiger partial charge in [0.1, 0.15) is 11.8 Å². The number of carbonyl (C=O) groups excluding carboxylic acids is 3. The van der Waals surface area contributed by atoms with Crippen LogP contribution in [0.1, 0.15) is 49.5 Å². The van der Waals surface area contributed by atoms with E-state index in [9.17, 15) is 14.4 Å². The molecule has 160 valence electrons. The number of methoxy groups -OCH3 is 1. The van der Waals surface area contributed by atoms with Gasteiger partial charge in [-0.25, -0.2) is 4.90 Å². The molecule has 3 rings (SSSR count). The molecule has 0 spiro atoms. The van der Waals surface area contributed by atoms with Crippen LogP contribution in [0.15, 0.2) is 48.5 Å². The van der Waals surface area contributed by atoms with E-state index in [-0.39, 0.29) is 18.2 Å². The van der Waals surface area contributed by atoms with Gasteiger partial charge in [-0.05, 0) is 62.7 Å². The molecule has 7 nitrogen and oxygen atoms in total. The number of amides is 3. The quantitative estimate of drug-likeness (QED) is 0.668. The minimum atomic E-state index is -0.920. The van der Waals surface area contributed by atoms with Crippen LogP contribution in [0.5, 0.6) is 5.75 Å². The van der Waals surface area contributed by atoms with Crippen molar-refractivity contribution in [1.29, 1.82) is 5.26 Å². The molecule has 0 aromatic heterocycles. The molecule has 0 N–H and O–H groups in total. The predicted octanol–water partition coefficient (Wildman–Crippen LogP) is 3.53. The second-order valence-electron chi connectivity index (χ2n) is 8.02. The van der Waals surface area contributed by atoms with Crippen LogP contribution in [-0.2, 0) is 9.59 Å². The van der Waals surface area contributed by atoms with Crippen molar-refractivity contribution in [2.45, 2.75) is 45.2 Å². The van der Waals surface area contributed by atoms with Crippen molar-refractivity contribution in [3.05, 3.63) is 59.7 Å². The minimum Gasteiger partial charge on any atom is -0.497 e. The number of anilines is 1. The molecular formula is C24H25N3O4. The van der Waals surface area contributed by atoms with E-state index >= 15 is 0 Å². The molecule has 2 aromatic carbocycles. The Balaban J connectivity index is 2.00. The van der Waals surface area contributed by atoms with Crippen LogP contribution < -0.4 is 9.64 Å². The van der Waals surface area contributed by atoms with E-state index in [1.54, 1.807) is 48.5 Å². The minimum absolute atomic E-state index is 0.0992. The molecule has 3 amide bonds. The summed E-state index contributed by atoms with van der Waals surface area (Å²) in [4.78, 5) is 42.3. The van der Waals surface area contributed by atoms with E-state index in [1.807, 2.05) is 26.8 Å². The lowest BCUT2D eigenvalue weighted by Crippen LogP contribution is -2.55. The number of hydrogen-bond acceptors (Lipinski definition) is 5. The summed E-state index contributed by atoms with van der Waals surface area (Å²) in [6.07, 6.45) is 0.496. The first kappa shape index (κ1) is 22.0. The predicted molar refractivity (Wildman–Crippen MR) is 116 cm³/mol. The number of nitrogens with zero attached hydrogens (tertiary/aromatic N) is 3. The Labute approximate surface area is 181 Å². The third-order valence-electron chi connectivity index (χ3n) is 5.74. The Bertz CT molecular complexity index is 1050. The lowest BCUT2D eigenvalue weighted by molar-refractivity contribution is -0.123. The van der Waals surface area contributed by atoms with Crippen molar-refractivity contribution in [1.82, 2.24) is 4.90 Å². The Morgan fingerprint density at radius 1 is 1.23 bits per heavy atom. The Kier molecular flexibility index (Phi) is 6.11. The maximum absolute atomic E-state index is 13.5. The monoisotopic (exact) mass is 419 g/mol. The molecule has 1 heterocycles. The highest BCUT2D eigenvalue weighted by Gasteiger charge is 2.48. The number of rotatable bonds is 6. The highest BCUT2D eigenvalue weighted by Crippen LogP contribution is 2.33. The topological polar surface area (TPSA) is 90.7 Å². The average molecular weight is 419 g/mol. The van der Waals surface area contributed by atoms with Crippen molar-refractivity contribution in [2.24, 2.45) is 0 Å². The van der Waals surface area contributed by atoms with Gasteiger partial charge in [-0.3, -0.25) is 14.4 Å². The molecule has 0 bridgehead atoms. The summed E-state index contributed by atoms with van der Waals surface area (Å²) in [7, 11) is 1.52. The van der Waals surface area contributed by atoms with Gasteiger partial charge in [0, 0.05) is 11.1 Å². The Hall–Kier alpha value is -3.66. The highest BCUT2D eigenvalue weighted by molar-refractivity contribution is 6.23. The fourth-order valence-electron chi connectivity index (χ4n) is 3.68. The summed E-state index contributed by atoms with van der Waals surface area (Å²) in [5, 5.41) is 8.99. The largest absolute Gasteiger partial charge is 0.497 e. The number of hydrogen-bond donors (Lipinski definition) is 0. The molecular weight excluding hydrogens is 394 g/mol. The van der Waals surface area contributed by atoms with Gasteiger partial charge < -0.3 is 9.64 Å². The summed E-state index contributed by atoms with van der Waals surface area (Å²) in [6.45, 7) is 5.70. The zero-order valence-electron chi connectivity index (χ0n) is 18.1. The molecule has 1 aliphatic heterocycles. The van der Waals surface area contributed by atoms with E-state index in [2.05, 4.69) is 0 Å². The zero-order chi connectivity index (χ0) is 22.8. The summed E-state index contributed by atoms with van der Waals surface area (Å²) in [5.74, 6) is -0.630. The van der Waals surface area contributed by atoms with Crippen molar-refractivity contribution in [2.75, 3.05) is 12.0 Å². The molecule has 1 saturated heterocycles. The summed E-state index contributed by atoms with van der Waals surface area (Å²) in [6, 6.07) is 14.1. The van der Waals surface area contributed by atoms with Crippen LogP contribution >= 0.6 is 0 Å². The standard InChI is InChI=1S/C24H25N3O4/c1-5-24(2,3)27(22(29)17-7-6-8-19(13-17)31-4)20-14-21(28)26(23(20)30)18-11-9-16(15-25)10-12-18/h6-13,20H,5,14H2,1-4H3. The van der Waals surface area contributed by atoms with E-state index in [0.717, 1.165) is 4.90 Å². The van der Waals surface area contributed by atoms with Crippen LogP contribution in [0, 0.1) is 11.3 Å². The Morgan fingerprint density at radius 3 is 2.48 bits per heavy atom. The summed E-state index contributed by atoms with van der Waals surface area (Å²) < 4.78 is 5.23. The van der Waals surface area contributed by atoms with E-state index < -0.39 is 17.5 Å². The third kappa shape index (κ3) is 4.15. The van der Waals surface area contributed by atoms with Gasteiger partial charge in [-0.15, -0.1) is 0 Å². The summed E-state index contributed by atoms with van der Waals surface area (Å²) in [5.41, 5.74) is 0.542. The van der Waals surface area contributed by atoms with Crippen molar-refractivity contribution >= 4 is 23.4 Å². The normalized spacial score (nSPS) is 16.2. The van der Waals surface area contributed by atoms with Crippen molar-refractivity contribution in [3.63, 3.8) is 0 Å². The average Bonchev–Trinajstić information content (AvgIpc) is 3.07. The van der Waals surface area contributed by atoms with Gasteiger partial charge in [-0.2, -0.15) is 5.26 Å². The molecule has 7 heteroatoms. The van der Waals surface area contributed by atoms with E-state index in [4.69, 9.17) is 10.00 Å². The van der Waals surface area contributed by atoms with Crippen LogP contribution in [0.2, 0.25) is 0 Å². The molecule has 31 heavy (non-hydrogen) atoms. The second kappa shape index (κ2) is 8.60. The van der Waals surface area contributed by atoms with E-state index in [1.165, 1.54) is 12.0 Å². The highest BCUT2D eigenvalue weighted by atomic mass is 16.5. The van der Waals surface area contributed by atoms with Gasteiger partial charge in [-0.1, -0.05) is 13.0 Å². The summed E-state index contributed by atoms with van der Waals surface area (Å²) >= 11 is 0. The third-order valence-corrected chi connectivity index (χ3v) is 5.74. The number of benzene rings is 2. The second-order valence-corrected chi connectivity index (χ2v) is 8.02. The lowest BCUT2D eigenvalue weighted by atomic mass is 9.94. The van der Waals surface area contributed by atoms with Gasteiger partial charge in [0.25, 0.3) is 11.8 Å². The molecule has 0 saturated carbocycles. The first-order valence-electron chi connectivity index (χ1n) is 10.1. The smallest absolute Gasteiger partial charge is 0.257 e. The SMILES string of the molecule is CCC(C)(C)N(C(=O)c1cccc(OC)c1)C1CC(=O)N(c2ccc(C#N)cc2)C1=O. The Morgan fingerprint density at radius 2 is 1.90 bits per heavy atom. The lowest BCUT2D eigenvalue weighted by Gasteiger charge is -2.41. The zero-order valence-corrected chi connectivity index (χ0v) is 18.1. The van der Waals surface area contributed by atoms with Crippen molar-refractivity contribution in [3.8, 4) is 11.8 Å². The number of imide groups is 1. The number of ether oxygens (including phenoxy) is 1. The molecule has 2 aromatic rings. The van der Waals surface area contributed by atoms with E-state index in [0.29, 0.717) is 29.0 Å². The van der Waals surface area contributed by atoms with Gasteiger partial charge in [0.2, 0.25) is 5.91 Å². The maximum Gasteiger partial charge on any atom is 0.257 e. The fourth-order valence-corrected chi connectivity index (χ4v) is 3.68.